The number of hydrogen-bond acceptors (Lipinski definition) is 4. The van der Waals surface area contributed by atoms with E-state index in [1.165, 1.54) is 0 Å². The van der Waals surface area contributed by atoms with E-state index >= 15 is 0 Å². The van der Waals surface area contributed by atoms with Crippen molar-refractivity contribution in [3.63, 3.8) is 0 Å². The highest BCUT2D eigenvalue weighted by molar-refractivity contribution is 5.67. The molecule has 0 aliphatic rings. The summed E-state index contributed by atoms with van der Waals surface area (Å²) in [7, 11) is 0. The van der Waals surface area contributed by atoms with E-state index in [0.29, 0.717) is 23.6 Å². The Morgan fingerprint density at radius 2 is 1.85 bits per heavy atom. The summed E-state index contributed by atoms with van der Waals surface area (Å²) in [6.45, 7) is 2.69. The highest BCUT2D eigenvalue weighted by atomic mass is 16.5. The summed E-state index contributed by atoms with van der Waals surface area (Å²) in [4.78, 5) is 0. The Morgan fingerprint density at radius 1 is 1.15 bits per heavy atom. The predicted molar refractivity (Wildman–Crippen MR) is 81.1 cm³/mol. The molecule has 0 amide bonds. The fourth-order valence-electron chi connectivity index (χ4n) is 1.74. The number of nitrogens with one attached hydrogen (secondary N) is 1. The van der Waals surface area contributed by atoms with Crippen molar-refractivity contribution in [3.05, 3.63) is 48.0 Å². The average molecular weight is 267 g/mol. The summed E-state index contributed by atoms with van der Waals surface area (Å²) in [5, 5.41) is 12.0. The van der Waals surface area contributed by atoms with Gasteiger partial charge in [0.2, 0.25) is 0 Å². The molecule has 0 aromatic heterocycles. The van der Waals surface area contributed by atoms with Gasteiger partial charge in [-0.05, 0) is 42.8 Å². The zero-order valence-corrected chi connectivity index (χ0v) is 11.4. The second-order valence-electron chi connectivity index (χ2n) is 4.42. The molecule has 0 aliphatic heterocycles. The average Bonchev–Trinajstić information content (AvgIpc) is 2.48. The SMILES string of the molecule is CCCOc1cc(Nc2ccc(C#N)cc2)ccc1N. The van der Waals surface area contributed by atoms with Crippen molar-refractivity contribution in [2.75, 3.05) is 17.7 Å². The van der Waals surface area contributed by atoms with Crippen molar-refractivity contribution in [2.24, 2.45) is 0 Å². The molecule has 0 radical (unpaired) electrons. The minimum absolute atomic E-state index is 0.629. The molecule has 0 aliphatic carbocycles. The first-order valence-corrected chi connectivity index (χ1v) is 6.52. The van der Waals surface area contributed by atoms with E-state index in [2.05, 4.69) is 18.3 Å². The topological polar surface area (TPSA) is 71.1 Å². The van der Waals surface area contributed by atoms with Gasteiger partial charge in [0.1, 0.15) is 5.75 Å². The van der Waals surface area contributed by atoms with Crippen molar-refractivity contribution in [3.8, 4) is 11.8 Å². The molecule has 0 unspecified atom stereocenters. The standard InChI is InChI=1S/C16H17N3O/c1-2-9-20-16-10-14(7-8-15(16)18)19-13-5-3-12(11-17)4-6-13/h3-8,10,19H,2,9,18H2,1H3. The van der Waals surface area contributed by atoms with Crippen molar-refractivity contribution in [1.29, 1.82) is 5.26 Å². The van der Waals surface area contributed by atoms with E-state index in [-0.39, 0.29) is 0 Å². The van der Waals surface area contributed by atoms with Crippen LogP contribution in [0.4, 0.5) is 17.1 Å². The monoisotopic (exact) mass is 267 g/mol. The van der Waals surface area contributed by atoms with Crippen LogP contribution in [-0.4, -0.2) is 6.61 Å². The van der Waals surface area contributed by atoms with Crippen LogP contribution in [0.1, 0.15) is 18.9 Å². The Balaban J connectivity index is 2.14. The van der Waals surface area contributed by atoms with Gasteiger partial charge in [-0.25, -0.2) is 0 Å². The maximum Gasteiger partial charge on any atom is 0.144 e. The molecule has 2 aromatic rings. The molecule has 102 valence electrons. The zero-order chi connectivity index (χ0) is 14.4. The zero-order valence-electron chi connectivity index (χ0n) is 11.4. The van der Waals surface area contributed by atoms with Gasteiger partial charge >= 0.3 is 0 Å². The second kappa shape index (κ2) is 6.48. The molecule has 0 spiro atoms. The lowest BCUT2D eigenvalue weighted by atomic mass is 10.2. The summed E-state index contributed by atoms with van der Waals surface area (Å²) in [5.74, 6) is 0.686. The number of nitrogen functional groups attached to an aromatic ring is 1. The van der Waals surface area contributed by atoms with E-state index in [9.17, 15) is 0 Å². The van der Waals surface area contributed by atoms with Gasteiger partial charge in [-0.1, -0.05) is 6.92 Å². The number of rotatable bonds is 5. The summed E-state index contributed by atoms with van der Waals surface area (Å²) in [6.07, 6.45) is 0.937. The van der Waals surface area contributed by atoms with Crippen LogP contribution in [0.3, 0.4) is 0 Å². The summed E-state index contributed by atoms with van der Waals surface area (Å²) in [5.41, 5.74) is 8.95. The van der Waals surface area contributed by atoms with Gasteiger partial charge in [-0.15, -0.1) is 0 Å². The van der Waals surface area contributed by atoms with Crippen LogP contribution in [-0.2, 0) is 0 Å². The first-order valence-electron chi connectivity index (χ1n) is 6.52. The molecular formula is C16H17N3O. The fraction of sp³-hybridized carbons (Fsp3) is 0.188. The van der Waals surface area contributed by atoms with E-state index < -0.39 is 0 Å². The molecule has 0 saturated carbocycles. The highest BCUT2D eigenvalue weighted by Crippen LogP contribution is 2.27. The van der Waals surface area contributed by atoms with Gasteiger partial charge in [0, 0.05) is 17.4 Å². The summed E-state index contributed by atoms with van der Waals surface area (Å²) < 4.78 is 5.59. The number of anilines is 3. The first-order chi connectivity index (χ1) is 9.72. The Kier molecular flexibility index (Phi) is 4.46. The molecule has 0 atom stereocenters. The number of nitriles is 1. The maximum atomic E-state index is 8.77. The van der Waals surface area contributed by atoms with Gasteiger partial charge in [0.25, 0.3) is 0 Å². The Bertz CT molecular complexity index is 615. The van der Waals surface area contributed by atoms with E-state index in [1.54, 1.807) is 12.1 Å². The number of ether oxygens (including phenoxy) is 1. The number of nitrogens with zero attached hydrogens (tertiary/aromatic N) is 1. The Labute approximate surface area is 118 Å². The van der Waals surface area contributed by atoms with Gasteiger partial charge in [-0.3, -0.25) is 0 Å². The second-order valence-corrected chi connectivity index (χ2v) is 4.42. The number of nitrogens with two attached hydrogens (primary N) is 1. The molecule has 4 nitrogen and oxygen atoms in total. The summed E-state index contributed by atoms with van der Waals surface area (Å²) in [6, 6.07) is 15.0. The summed E-state index contributed by atoms with van der Waals surface area (Å²) >= 11 is 0. The van der Waals surface area contributed by atoms with Crippen molar-refractivity contribution < 1.29 is 4.74 Å². The molecule has 0 fully saturated rings. The smallest absolute Gasteiger partial charge is 0.144 e. The van der Waals surface area contributed by atoms with E-state index in [0.717, 1.165) is 17.8 Å². The largest absolute Gasteiger partial charge is 0.491 e. The third-order valence-corrected chi connectivity index (χ3v) is 2.78. The van der Waals surface area contributed by atoms with Crippen LogP contribution in [0.5, 0.6) is 5.75 Å². The molecule has 4 heteroatoms. The molecule has 2 rings (SSSR count). The minimum Gasteiger partial charge on any atom is -0.491 e. The van der Waals surface area contributed by atoms with Gasteiger partial charge in [0.05, 0.1) is 23.9 Å². The first kappa shape index (κ1) is 13.8. The lowest BCUT2D eigenvalue weighted by Gasteiger charge is -2.11. The van der Waals surface area contributed by atoms with Crippen molar-refractivity contribution in [2.45, 2.75) is 13.3 Å². The Morgan fingerprint density at radius 3 is 2.50 bits per heavy atom. The lowest BCUT2D eigenvalue weighted by molar-refractivity contribution is 0.319. The quantitative estimate of drug-likeness (QED) is 0.811. The molecular weight excluding hydrogens is 250 g/mol. The molecule has 3 N–H and O–H groups in total. The van der Waals surface area contributed by atoms with Gasteiger partial charge in [0.15, 0.2) is 0 Å². The highest BCUT2D eigenvalue weighted by Gasteiger charge is 2.03. The third-order valence-electron chi connectivity index (χ3n) is 2.78. The lowest BCUT2D eigenvalue weighted by Crippen LogP contribution is -2.00. The molecule has 0 heterocycles. The van der Waals surface area contributed by atoms with Crippen LogP contribution in [0.25, 0.3) is 0 Å². The van der Waals surface area contributed by atoms with Crippen molar-refractivity contribution in [1.82, 2.24) is 0 Å². The van der Waals surface area contributed by atoms with Crippen LogP contribution in [0.2, 0.25) is 0 Å². The molecule has 2 aromatic carbocycles. The van der Waals surface area contributed by atoms with Crippen LogP contribution >= 0.6 is 0 Å². The van der Waals surface area contributed by atoms with Crippen molar-refractivity contribution >= 4 is 17.1 Å². The number of benzene rings is 2. The Hall–Kier alpha value is -2.67. The normalized spacial score (nSPS) is 9.80. The third kappa shape index (κ3) is 3.42. The van der Waals surface area contributed by atoms with Crippen LogP contribution in [0, 0.1) is 11.3 Å². The predicted octanol–water partition coefficient (Wildman–Crippen LogP) is 3.67. The maximum absolute atomic E-state index is 8.77. The number of hydrogen-bond donors (Lipinski definition) is 2. The van der Waals surface area contributed by atoms with Crippen LogP contribution < -0.4 is 15.8 Å². The molecule has 20 heavy (non-hydrogen) atoms. The van der Waals surface area contributed by atoms with Gasteiger partial charge < -0.3 is 15.8 Å². The van der Waals surface area contributed by atoms with Gasteiger partial charge in [-0.2, -0.15) is 5.26 Å². The minimum atomic E-state index is 0.629. The molecule has 0 saturated heterocycles. The van der Waals surface area contributed by atoms with Crippen LogP contribution in [0.15, 0.2) is 42.5 Å². The molecule has 0 bridgehead atoms. The fourth-order valence-corrected chi connectivity index (χ4v) is 1.74. The van der Waals surface area contributed by atoms with E-state index in [4.69, 9.17) is 15.7 Å². The van der Waals surface area contributed by atoms with E-state index in [1.807, 2.05) is 30.3 Å².